The van der Waals surface area contributed by atoms with Crippen molar-refractivity contribution < 1.29 is 14.3 Å². The normalized spacial score (nSPS) is 22.8. The highest BCUT2D eigenvalue weighted by Crippen LogP contribution is 2.37. The number of amides is 1. The van der Waals surface area contributed by atoms with Crippen molar-refractivity contribution in [2.45, 2.75) is 31.8 Å². The predicted molar refractivity (Wildman–Crippen MR) is 95.8 cm³/mol. The van der Waals surface area contributed by atoms with Crippen molar-refractivity contribution >= 4 is 16.9 Å². The van der Waals surface area contributed by atoms with Crippen LogP contribution in [0.15, 0.2) is 35.0 Å². The van der Waals surface area contributed by atoms with E-state index in [1.54, 1.807) is 6.33 Å². The van der Waals surface area contributed by atoms with Gasteiger partial charge in [-0.3, -0.25) is 4.79 Å². The molecule has 1 fully saturated rings. The number of aliphatic hydroxyl groups is 1. The van der Waals surface area contributed by atoms with Gasteiger partial charge in [-0.1, -0.05) is 18.2 Å². The van der Waals surface area contributed by atoms with E-state index < -0.39 is 6.10 Å². The zero-order valence-corrected chi connectivity index (χ0v) is 14.8. The molecule has 26 heavy (non-hydrogen) atoms. The van der Waals surface area contributed by atoms with E-state index in [9.17, 15) is 9.90 Å². The standard InChI is InChI=1S/C19H22N4O3/c1-11-14-5-3-4-6-16(14)26-17(11)19(25)20-9-13-7-12(8-15(13)24)18-22-21-10-23(18)2/h3-6,10,12-13,15,24H,7-9H2,1-2H3,(H,20,25)/t12-,13+,15+/m0/s1. The Labute approximate surface area is 151 Å². The van der Waals surface area contributed by atoms with Crippen LogP contribution in [0.4, 0.5) is 0 Å². The van der Waals surface area contributed by atoms with Crippen molar-refractivity contribution in [1.29, 1.82) is 0 Å². The molecule has 4 rings (SSSR count). The van der Waals surface area contributed by atoms with Gasteiger partial charge in [0.25, 0.3) is 5.91 Å². The van der Waals surface area contributed by atoms with Gasteiger partial charge in [0, 0.05) is 36.4 Å². The lowest BCUT2D eigenvalue weighted by Crippen LogP contribution is -2.32. The van der Waals surface area contributed by atoms with Gasteiger partial charge in [-0.25, -0.2) is 0 Å². The van der Waals surface area contributed by atoms with Gasteiger partial charge < -0.3 is 19.4 Å². The summed E-state index contributed by atoms with van der Waals surface area (Å²) in [5.74, 6) is 1.13. The smallest absolute Gasteiger partial charge is 0.287 e. The number of nitrogens with one attached hydrogen (secondary N) is 1. The highest BCUT2D eigenvalue weighted by atomic mass is 16.3. The Hall–Kier alpha value is -2.67. The molecule has 2 heterocycles. The summed E-state index contributed by atoms with van der Waals surface area (Å²) in [5.41, 5.74) is 1.54. The second-order valence-electron chi connectivity index (χ2n) is 7.06. The Morgan fingerprint density at radius 1 is 1.38 bits per heavy atom. The van der Waals surface area contributed by atoms with E-state index in [1.165, 1.54) is 0 Å². The lowest BCUT2D eigenvalue weighted by molar-refractivity contribution is 0.0891. The van der Waals surface area contributed by atoms with Crippen LogP contribution in [0.5, 0.6) is 0 Å². The molecule has 3 aromatic rings. The molecule has 2 aromatic heterocycles. The SMILES string of the molecule is Cc1c(C(=O)NC[C@H]2C[C@H](c3nncn3C)C[C@H]2O)oc2ccccc12. The largest absolute Gasteiger partial charge is 0.451 e. The first-order chi connectivity index (χ1) is 12.5. The summed E-state index contributed by atoms with van der Waals surface area (Å²) in [7, 11) is 1.90. The van der Waals surface area contributed by atoms with Gasteiger partial charge in [0.15, 0.2) is 5.76 Å². The maximum absolute atomic E-state index is 12.5. The molecule has 1 aliphatic rings. The molecular formula is C19H22N4O3. The summed E-state index contributed by atoms with van der Waals surface area (Å²) in [5, 5.41) is 22.3. The highest BCUT2D eigenvalue weighted by molar-refractivity contribution is 5.98. The number of nitrogens with zero attached hydrogens (tertiary/aromatic N) is 3. The van der Waals surface area contributed by atoms with Gasteiger partial charge in [0.2, 0.25) is 0 Å². The van der Waals surface area contributed by atoms with E-state index in [1.807, 2.05) is 42.8 Å². The van der Waals surface area contributed by atoms with Crippen molar-refractivity contribution in [3.63, 3.8) is 0 Å². The van der Waals surface area contributed by atoms with Gasteiger partial charge in [-0.15, -0.1) is 10.2 Å². The van der Waals surface area contributed by atoms with E-state index in [4.69, 9.17) is 4.42 Å². The quantitative estimate of drug-likeness (QED) is 0.749. The number of aliphatic hydroxyl groups excluding tert-OH is 1. The Kier molecular flexibility index (Phi) is 4.24. The summed E-state index contributed by atoms with van der Waals surface area (Å²) in [6.45, 7) is 2.29. The molecule has 1 aliphatic carbocycles. The molecule has 7 nitrogen and oxygen atoms in total. The number of hydrogen-bond donors (Lipinski definition) is 2. The maximum atomic E-state index is 12.5. The number of aromatic nitrogens is 3. The van der Waals surface area contributed by atoms with Crippen LogP contribution >= 0.6 is 0 Å². The lowest BCUT2D eigenvalue weighted by Gasteiger charge is -2.14. The fraction of sp³-hybridized carbons (Fsp3) is 0.421. The molecule has 0 bridgehead atoms. The van der Waals surface area contributed by atoms with Gasteiger partial charge in [0.05, 0.1) is 6.10 Å². The number of hydrogen-bond acceptors (Lipinski definition) is 5. The minimum atomic E-state index is -0.464. The molecule has 1 saturated carbocycles. The molecule has 1 aromatic carbocycles. The number of fused-ring (bicyclic) bond motifs is 1. The third-order valence-corrected chi connectivity index (χ3v) is 5.34. The van der Waals surface area contributed by atoms with Crippen LogP contribution < -0.4 is 5.32 Å². The van der Waals surface area contributed by atoms with Crippen molar-refractivity contribution in [2.75, 3.05) is 6.54 Å². The van der Waals surface area contributed by atoms with Crippen molar-refractivity contribution in [2.24, 2.45) is 13.0 Å². The van der Waals surface area contributed by atoms with Gasteiger partial charge in [0.1, 0.15) is 17.7 Å². The fourth-order valence-corrected chi connectivity index (χ4v) is 3.89. The highest BCUT2D eigenvalue weighted by Gasteiger charge is 2.36. The molecule has 136 valence electrons. The van der Waals surface area contributed by atoms with Crippen LogP contribution in [0.25, 0.3) is 11.0 Å². The van der Waals surface area contributed by atoms with Crippen molar-refractivity contribution in [3.8, 4) is 0 Å². The molecule has 0 aliphatic heterocycles. The van der Waals surface area contributed by atoms with Crippen molar-refractivity contribution in [1.82, 2.24) is 20.1 Å². The lowest BCUT2D eigenvalue weighted by atomic mass is 10.0. The Morgan fingerprint density at radius 2 is 2.19 bits per heavy atom. The van der Waals surface area contributed by atoms with Gasteiger partial charge >= 0.3 is 0 Å². The molecular weight excluding hydrogens is 332 g/mol. The monoisotopic (exact) mass is 354 g/mol. The minimum absolute atomic E-state index is 0.00895. The van der Waals surface area contributed by atoms with Crippen LogP contribution in [-0.4, -0.2) is 38.4 Å². The zero-order valence-electron chi connectivity index (χ0n) is 14.8. The molecule has 0 spiro atoms. The first kappa shape index (κ1) is 16.8. The van der Waals surface area contributed by atoms with E-state index in [-0.39, 0.29) is 17.7 Å². The number of carbonyl (C=O) groups is 1. The Bertz CT molecular complexity index is 945. The van der Waals surface area contributed by atoms with Gasteiger partial charge in [-0.05, 0) is 25.8 Å². The van der Waals surface area contributed by atoms with Crippen LogP contribution in [-0.2, 0) is 7.05 Å². The second kappa shape index (κ2) is 6.57. The van der Waals surface area contributed by atoms with Crippen LogP contribution in [0.1, 0.15) is 40.7 Å². The molecule has 0 unspecified atom stereocenters. The van der Waals surface area contributed by atoms with E-state index >= 15 is 0 Å². The summed E-state index contributed by atoms with van der Waals surface area (Å²) in [4.78, 5) is 12.5. The van der Waals surface area contributed by atoms with E-state index in [2.05, 4.69) is 15.5 Å². The molecule has 2 N–H and O–H groups in total. The Balaban J connectivity index is 1.42. The molecule has 0 radical (unpaired) electrons. The predicted octanol–water partition coefficient (Wildman–Crippen LogP) is 2.15. The number of carbonyl (C=O) groups excluding carboxylic acids is 1. The number of furan rings is 1. The zero-order chi connectivity index (χ0) is 18.3. The summed E-state index contributed by atoms with van der Waals surface area (Å²) in [6.07, 6.45) is 2.61. The molecule has 0 saturated heterocycles. The Morgan fingerprint density at radius 3 is 2.92 bits per heavy atom. The average Bonchev–Trinajstić information content (AvgIpc) is 3.31. The first-order valence-electron chi connectivity index (χ1n) is 8.83. The molecule has 3 atom stereocenters. The van der Waals surface area contributed by atoms with Crippen LogP contribution in [0.2, 0.25) is 0 Å². The molecule has 1 amide bonds. The maximum Gasteiger partial charge on any atom is 0.287 e. The third kappa shape index (κ3) is 2.88. The number of aryl methyl sites for hydroxylation is 2. The van der Waals surface area contributed by atoms with Gasteiger partial charge in [-0.2, -0.15) is 0 Å². The van der Waals surface area contributed by atoms with Crippen molar-refractivity contribution in [3.05, 3.63) is 47.7 Å². The van der Waals surface area contributed by atoms with Crippen LogP contribution in [0.3, 0.4) is 0 Å². The van der Waals surface area contributed by atoms with E-state index in [0.29, 0.717) is 24.3 Å². The number of benzene rings is 1. The molecule has 7 heteroatoms. The third-order valence-electron chi connectivity index (χ3n) is 5.34. The second-order valence-corrected chi connectivity index (χ2v) is 7.06. The number of rotatable bonds is 4. The van der Waals surface area contributed by atoms with E-state index in [0.717, 1.165) is 23.2 Å². The summed E-state index contributed by atoms with van der Waals surface area (Å²) >= 11 is 0. The summed E-state index contributed by atoms with van der Waals surface area (Å²) < 4.78 is 7.59. The number of para-hydroxylation sites is 1. The average molecular weight is 354 g/mol. The first-order valence-corrected chi connectivity index (χ1v) is 8.83. The summed E-state index contributed by atoms with van der Waals surface area (Å²) in [6, 6.07) is 7.60. The van der Waals surface area contributed by atoms with Crippen LogP contribution in [0, 0.1) is 12.8 Å². The fourth-order valence-electron chi connectivity index (χ4n) is 3.89. The topological polar surface area (TPSA) is 93.2 Å². The minimum Gasteiger partial charge on any atom is -0.451 e.